The van der Waals surface area contributed by atoms with Crippen LogP contribution in [0.3, 0.4) is 0 Å². The van der Waals surface area contributed by atoms with Gasteiger partial charge in [0.2, 0.25) is 5.71 Å². The summed E-state index contributed by atoms with van der Waals surface area (Å²) in [5.41, 5.74) is 1.30. The van der Waals surface area contributed by atoms with Gasteiger partial charge in [-0.05, 0) is 6.42 Å². The number of aryl methyl sites for hydroxylation is 2. The summed E-state index contributed by atoms with van der Waals surface area (Å²) in [4.78, 5) is 15.6. The topological polar surface area (TPSA) is 48.0 Å². The Balaban J connectivity index is 2.94. The molecule has 0 unspecified atom stereocenters. The van der Waals surface area contributed by atoms with Crippen molar-refractivity contribution >= 4 is 11.1 Å². The lowest BCUT2D eigenvalue weighted by atomic mass is 10.2. The smallest absolute Gasteiger partial charge is 0.264 e. The van der Waals surface area contributed by atoms with Crippen LogP contribution in [-0.4, -0.2) is 9.55 Å². The van der Waals surface area contributed by atoms with Crippen LogP contribution in [-0.2, 0) is 13.5 Å². The summed E-state index contributed by atoms with van der Waals surface area (Å²) < 4.78 is 6.61. The van der Waals surface area contributed by atoms with Crippen LogP contribution in [0.25, 0.3) is 11.1 Å². The average molecular weight is 178 g/mol. The van der Waals surface area contributed by atoms with Crippen LogP contribution in [0.2, 0.25) is 0 Å². The Kier molecular flexibility index (Phi) is 1.69. The van der Waals surface area contributed by atoms with Crippen molar-refractivity contribution in [1.82, 2.24) is 9.55 Å². The van der Waals surface area contributed by atoms with Crippen molar-refractivity contribution in [2.24, 2.45) is 7.05 Å². The standard InChI is InChI=1S/C9H10N2O2/c1-3-6-4-13-8-7(6)9(12)11(2)5-10-8/h4-5H,3H2,1-2H3. The highest BCUT2D eigenvalue weighted by molar-refractivity contribution is 5.76. The third kappa shape index (κ3) is 1.06. The number of nitrogens with zero attached hydrogens (tertiary/aromatic N) is 2. The molecule has 0 saturated heterocycles. The number of hydrogen-bond donors (Lipinski definition) is 0. The molecule has 0 aliphatic rings. The quantitative estimate of drug-likeness (QED) is 0.656. The van der Waals surface area contributed by atoms with Crippen LogP contribution in [0.5, 0.6) is 0 Å². The van der Waals surface area contributed by atoms with Gasteiger partial charge in [0.25, 0.3) is 5.56 Å². The highest BCUT2D eigenvalue weighted by Crippen LogP contribution is 2.14. The fourth-order valence-corrected chi connectivity index (χ4v) is 1.33. The van der Waals surface area contributed by atoms with Crippen LogP contribution < -0.4 is 5.56 Å². The molecule has 0 aliphatic heterocycles. The molecule has 0 spiro atoms. The molecule has 2 aromatic rings. The van der Waals surface area contributed by atoms with Gasteiger partial charge in [-0.3, -0.25) is 4.79 Å². The lowest BCUT2D eigenvalue weighted by Crippen LogP contribution is -2.16. The van der Waals surface area contributed by atoms with E-state index in [0.717, 1.165) is 12.0 Å². The van der Waals surface area contributed by atoms with Gasteiger partial charge >= 0.3 is 0 Å². The van der Waals surface area contributed by atoms with Gasteiger partial charge in [-0.2, -0.15) is 0 Å². The first-order valence-corrected chi connectivity index (χ1v) is 4.15. The molecular formula is C9H10N2O2. The molecule has 4 heteroatoms. The number of aromatic nitrogens is 2. The molecule has 13 heavy (non-hydrogen) atoms. The first-order valence-electron chi connectivity index (χ1n) is 4.15. The van der Waals surface area contributed by atoms with E-state index in [1.54, 1.807) is 13.3 Å². The zero-order valence-corrected chi connectivity index (χ0v) is 7.57. The molecule has 0 bridgehead atoms. The van der Waals surface area contributed by atoms with Crippen molar-refractivity contribution < 1.29 is 4.42 Å². The third-order valence-corrected chi connectivity index (χ3v) is 2.11. The summed E-state index contributed by atoms with van der Waals surface area (Å²) in [6.45, 7) is 1.98. The largest absolute Gasteiger partial charge is 0.446 e. The van der Waals surface area contributed by atoms with Crippen molar-refractivity contribution in [3.05, 3.63) is 28.5 Å². The van der Waals surface area contributed by atoms with E-state index < -0.39 is 0 Å². The molecule has 4 nitrogen and oxygen atoms in total. The molecule has 68 valence electrons. The van der Waals surface area contributed by atoms with Crippen LogP contribution in [0, 0.1) is 0 Å². The van der Waals surface area contributed by atoms with E-state index in [9.17, 15) is 4.79 Å². The zero-order chi connectivity index (χ0) is 9.42. The van der Waals surface area contributed by atoms with E-state index >= 15 is 0 Å². The monoisotopic (exact) mass is 178 g/mol. The molecule has 2 heterocycles. The Morgan fingerprint density at radius 3 is 3.08 bits per heavy atom. The fourth-order valence-electron chi connectivity index (χ4n) is 1.33. The predicted octanol–water partition coefficient (Wildman–Crippen LogP) is 1.09. The molecule has 0 aromatic carbocycles. The first kappa shape index (κ1) is 8.04. The predicted molar refractivity (Wildman–Crippen MR) is 48.6 cm³/mol. The minimum Gasteiger partial charge on any atom is -0.446 e. The maximum atomic E-state index is 11.6. The number of furan rings is 1. The normalized spacial score (nSPS) is 10.9. The Bertz CT molecular complexity index is 496. The van der Waals surface area contributed by atoms with E-state index in [0.29, 0.717) is 11.1 Å². The summed E-state index contributed by atoms with van der Waals surface area (Å²) in [6.07, 6.45) is 3.85. The van der Waals surface area contributed by atoms with Gasteiger partial charge in [0.15, 0.2) is 0 Å². The minimum absolute atomic E-state index is 0.0457. The fraction of sp³-hybridized carbons (Fsp3) is 0.333. The summed E-state index contributed by atoms with van der Waals surface area (Å²) in [5.74, 6) is 0. The van der Waals surface area contributed by atoms with Crippen molar-refractivity contribution in [3.8, 4) is 0 Å². The number of rotatable bonds is 1. The van der Waals surface area contributed by atoms with E-state index in [2.05, 4.69) is 4.98 Å². The summed E-state index contributed by atoms with van der Waals surface area (Å²) >= 11 is 0. The Morgan fingerprint density at radius 1 is 1.62 bits per heavy atom. The van der Waals surface area contributed by atoms with Gasteiger partial charge in [0.05, 0.1) is 6.26 Å². The first-order chi connectivity index (χ1) is 6.24. The molecule has 0 atom stereocenters. The lowest BCUT2D eigenvalue weighted by Gasteiger charge is -1.95. The second-order valence-electron chi connectivity index (χ2n) is 2.96. The van der Waals surface area contributed by atoms with Crippen LogP contribution in [0.4, 0.5) is 0 Å². The van der Waals surface area contributed by atoms with Crippen LogP contribution >= 0.6 is 0 Å². The maximum Gasteiger partial charge on any atom is 0.264 e. The Labute approximate surface area is 74.8 Å². The van der Waals surface area contributed by atoms with Gasteiger partial charge in [0, 0.05) is 12.6 Å². The number of hydrogen-bond acceptors (Lipinski definition) is 3. The van der Waals surface area contributed by atoms with Crippen molar-refractivity contribution in [1.29, 1.82) is 0 Å². The molecule has 0 fully saturated rings. The summed E-state index contributed by atoms with van der Waals surface area (Å²) in [7, 11) is 1.68. The maximum absolute atomic E-state index is 11.6. The lowest BCUT2D eigenvalue weighted by molar-refractivity contribution is 0.595. The molecule has 0 amide bonds. The Hall–Kier alpha value is -1.58. The second-order valence-corrected chi connectivity index (χ2v) is 2.96. The molecule has 0 saturated carbocycles. The molecule has 2 rings (SSSR count). The SMILES string of the molecule is CCc1coc2ncn(C)c(=O)c12. The molecular weight excluding hydrogens is 168 g/mol. The van der Waals surface area contributed by atoms with Crippen LogP contribution in [0.1, 0.15) is 12.5 Å². The molecule has 0 radical (unpaired) electrons. The van der Waals surface area contributed by atoms with Crippen molar-refractivity contribution in [3.63, 3.8) is 0 Å². The number of fused-ring (bicyclic) bond motifs is 1. The molecule has 0 aliphatic carbocycles. The third-order valence-electron chi connectivity index (χ3n) is 2.11. The van der Waals surface area contributed by atoms with Crippen molar-refractivity contribution in [2.75, 3.05) is 0 Å². The summed E-state index contributed by atoms with van der Waals surface area (Å²) in [5, 5.41) is 0.604. The van der Waals surface area contributed by atoms with Crippen molar-refractivity contribution in [2.45, 2.75) is 13.3 Å². The van der Waals surface area contributed by atoms with Gasteiger partial charge in [-0.1, -0.05) is 6.92 Å². The van der Waals surface area contributed by atoms with E-state index in [1.807, 2.05) is 6.92 Å². The molecule has 0 N–H and O–H groups in total. The van der Waals surface area contributed by atoms with E-state index in [1.165, 1.54) is 10.9 Å². The van der Waals surface area contributed by atoms with E-state index in [4.69, 9.17) is 4.42 Å². The highest BCUT2D eigenvalue weighted by atomic mass is 16.3. The van der Waals surface area contributed by atoms with Gasteiger partial charge < -0.3 is 8.98 Å². The van der Waals surface area contributed by atoms with Gasteiger partial charge in [0.1, 0.15) is 11.7 Å². The minimum atomic E-state index is -0.0457. The summed E-state index contributed by atoms with van der Waals surface area (Å²) in [6, 6.07) is 0. The Morgan fingerprint density at radius 2 is 2.38 bits per heavy atom. The second kappa shape index (κ2) is 2.73. The van der Waals surface area contributed by atoms with Gasteiger partial charge in [-0.15, -0.1) is 0 Å². The van der Waals surface area contributed by atoms with Crippen LogP contribution in [0.15, 0.2) is 21.8 Å². The zero-order valence-electron chi connectivity index (χ0n) is 7.57. The highest BCUT2D eigenvalue weighted by Gasteiger charge is 2.09. The molecule has 2 aromatic heterocycles. The average Bonchev–Trinajstić information content (AvgIpc) is 2.55. The van der Waals surface area contributed by atoms with Gasteiger partial charge in [-0.25, -0.2) is 4.98 Å². The van der Waals surface area contributed by atoms with E-state index in [-0.39, 0.29) is 5.56 Å².